The van der Waals surface area contributed by atoms with Gasteiger partial charge in [-0.15, -0.1) is 13.2 Å². The summed E-state index contributed by atoms with van der Waals surface area (Å²) in [4.78, 5) is 15.7. The minimum Gasteiger partial charge on any atom is -0.457 e. The van der Waals surface area contributed by atoms with Gasteiger partial charge < -0.3 is 14.5 Å². The van der Waals surface area contributed by atoms with Crippen molar-refractivity contribution < 1.29 is 22.6 Å². The Bertz CT molecular complexity index is 1050. The molecule has 0 fully saturated rings. The first-order valence-electron chi connectivity index (χ1n) is 8.94. The number of hydrogen-bond donors (Lipinski definition) is 1. The smallest absolute Gasteiger partial charge is 0.457 e. The molecule has 2 aromatic carbocycles. The van der Waals surface area contributed by atoms with Crippen molar-refractivity contribution in [2.24, 2.45) is 0 Å². The fourth-order valence-corrected chi connectivity index (χ4v) is 2.96. The molecule has 0 unspecified atom stereocenters. The van der Waals surface area contributed by atoms with Crippen molar-refractivity contribution in [1.82, 2.24) is 4.98 Å². The average Bonchev–Trinajstić information content (AvgIpc) is 2.65. The summed E-state index contributed by atoms with van der Waals surface area (Å²) in [6.07, 6.45) is -4.24. The molecule has 1 heterocycles. The van der Waals surface area contributed by atoms with E-state index in [0.29, 0.717) is 23.5 Å². The molecule has 4 nitrogen and oxygen atoms in total. The van der Waals surface area contributed by atoms with Crippen molar-refractivity contribution in [3.8, 4) is 17.2 Å². The van der Waals surface area contributed by atoms with Gasteiger partial charge in [-0.2, -0.15) is 0 Å². The Labute approximate surface area is 165 Å². The lowest BCUT2D eigenvalue weighted by Gasteiger charge is -2.11. The molecular formula is C22H20F3NO3. The first kappa shape index (κ1) is 20.5. The summed E-state index contributed by atoms with van der Waals surface area (Å²) in [6, 6.07) is 12.4. The fraction of sp³-hybridized carbons (Fsp3) is 0.227. The van der Waals surface area contributed by atoms with Gasteiger partial charge in [-0.25, -0.2) is 0 Å². The second kappa shape index (κ2) is 8.03. The third-order valence-electron chi connectivity index (χ3n) is 4.60. The van der Waals surface area contributed by atoms with E-state index in [0.717, 1.165) is 22.5 Å². The van der Waals surface area contributed by atoms with E-state index in [1.165, 1.54) is 24.3 Å². The summed E-state index contributed by atoms with van der Waals surface area (Å²) in [5.41, 5.74) is 4.14. The first-order chi connectivity index (χ1) is 13.6. The summed E-state index contributed by atoms with van der Waals surface area (Å²) in [5.74, 6) is 0.604. The van der Waals surface area contributed by atoms with Crippen LogP contribution in [0.1, 0.15) is 28.1 Å². The molecule has 0 amide bonds. The minimum absolute atomic E-state index is 0.0419. The molecule has 3 rings (SSSR count). The maximum absolute atomic E-state index is 12.5. The first-order valence-corrected chi connectivity index (χ1v) is 8.94. The normalized spacial score (nSPS) is 11.4. The van der Waals surface area contributed by atoms with Crippen molar-refractivity contribution >= 4 is 0 Å². The molecule has 0 spiro atoms. The van der Waals surface area contributed by atoms with Gasteiger partial charge in [0.05, 0.1) is 0 Å². The number of alkyl halides is 3. The number of aromatic nitrogens is 1. The van der Waals surface area contributed by atoms with Gasteiger partial charge in [0.15, 0.2) is 5.43 Å². The van der Waals surface area contributed by atoms with Crippen LogP contribution in [-0.4, -0.2) is 11.3 Å². The molecule has 1 N–H and O–H groups in total. The van der Waals surface area contributed by atoms with Gasteiger partial charge in [0.25, 0.3) is 0 Å². The molecule has 1 aromatic heterocycles. The number of aromatic amines is 1. The molecular weight excluding hydrogens is 383 g/mol. The molecule has 29 heavy (non-hydrogen) atoms. The second-order valence-electron chi connectivity index (χ2n) is 6.75. The van der Waals surface area contributed by atoms with Crippen LogP contribution in [0.3, 0.4) is 0 Å². The van der Waals surface area contributed by atoms with Crippen molar-refractivity contribution in [3.05, 3.63) is 86.8 Å². The Morgan fingerprint density at radius 3 is 1.90 bits per heavy atom. The van der Waals surface area contributed by atoms with Gasteiger partial charge in [0.1, 0.15) is 17.2 Å². The van der Waals surface area contributed by atoms with Crippen molar-refractivity contribution in [2.75, 3.05) is 0 Å². The molecule has 7 heteroatoms. The Hall–Kier alpha value is -3.22. The average molecular weight is 403 g/mol. The molecule has 0 saturated carbocycles. The van der Waals surface area contributed by atoms with Crippen LogP contribution in [-0.2, 0) is 6.42 Å². The molecule has 0 bridgehead atoms. The van der Waals surface area contributed by atoms with Crippen molar-refractivity contribution in [1.29, 1.82) is 0 Å². The van der Waals surface area contributed by atoms with E-state index in [1.54, 1.807) is 19.1 Å². The maximum Gasteiger partial charge on any atom is 0.573 e. The Kier molecular flexibility index (Phi) is 5.68. The zero-order chi connectivity index (χ0) is 21.2. The van der Waals surface area contributed by atoms with E-state index >= 15 is 0 Å². The lowest BCUT2D eigenvalue weighted by Crippen LogP contribution is -2.17. The highest BCUT2D eigenvalue weighted by Gasteiger charge is 2.30. The topological polar surface area (TPSA) is 51.3 Å². The predicted octanol–water partition coefficient (Wildman–Crippen LogP) is 5.58. The van der Waals surface area contributed by atoms with Crippen LogP contribution in [0.2, 0.25) is 0 Å². The summed E-state index contributed by atoms with van der Waals surface area (Å²) < 4.78 is 46.1. The van der Waals surface area contributed by atoms with Gasteiger partial charge in [-0.3, -0.25) is 4.79 Å². The lowest BCUT2D eigenvalue weighted by molar-refractivity contribution is -0.274. The third-order valence-corrected chi connectivity index (χ3v) is 4.60. The Balaban J connectivity index is 1.70. The Morgan fingerprint density at radius 2 is 1.34 bits per heavy atom. The molecule has 0 aliphatic rings. The summed E-state index contributed by atoms with van der Waals surface area (Å²) in [7, 11) is 0. The lowest BCUT2D eigenvalue weighted by atomic mass is 10.0. The number of pyridine rings is 1. The number of aryl methyl sites for hydroxylation is 2. The largest absolute Gasteiger partial charge is 0.573 e. The van der Waals surface area contributed by atoms with E-state index < -0.39 is 6.36 Å². The number of halogens is 3. The monoisotopic (exact) mass is 403 g/mol. The molecule has 152 valence electrons. The van der Waals surface area contributed by atoms with E-state index in [1.807, 2.05) is 26.0 Å². The van der Waals surface area contributed by atoms with Crippen molar-refractivity contribution in [3.63, 3.8) is 0 Å². The minimum atomic E-state index is -4.73. The SMILES string of the molecule is Cc1[nH]c(C)c(Cc2ccc(Oc3ccc(OC(F)(F)F)cc3)cc2)c(=O)c1C. The molecule has 0 aliphatic heterocycles. The predicted molar refractivity (Wildman–Crippen MR) is 104 cm³/mol. The molecule has 0 radical (unpaired) electrons. The van der Waals surface area contributed by atoms with Crippen molar-refractivity contribution in [2.45, 2.75) is 33.6 Å². The quantitative estimate of drug-likeness (QED) is 0.605. The third kappa shape index (κ3) is 5.19. The molecule has 0 atom stereocenters. The van der Waals surface area contributed by atoms with Gasteiger partial charge in [-0.05, 0) is 62.7 Å². The van der Waals surface area contributed by atoms with Crippen LogP contribution in [0.15, 0.2) is 53.3 Å². The maximum atomic E-state index is 12.5. The van der Waals surface area contributed by atoms with Gasteiger partial charge in [0.2, 0.25) is 0 Å². The number of nitrogens with one attached hydrogen (secondary N) is 1. The number of hydrogen-bond acceptors (Lipinski definition) is 3. The van der Waals surface area contributed by atoms with E-state index in [2.05, 4.69) is 9.72 Å². The summed E-state index contributed by atoms with van der Waals surface area (Å²) >= 11 is 0. The van der Waals surface area contributed by atoms with Gasteiger partial charge in [-0.1, -0.05) is 12.1 Å². The summed E-state index contributed by atoms with van der Waals surface area (Å²) in [5, 5.41) is 0. The molecule has 0 saturated heterocycles. The van der Waals surface area contributed by atoms with E-state index in [4.69, 9.17) is 4.74 Å². The zero-order valence-electron chi connectivity index (χ0n) is 16.2. The fourth-order valence-electron chi connectivity index (χ4n) is 2.96. The van der Waals surface area contributed by atoms with Gasteiger partial charge in [0, 0.05) is 28.9 Å². The zero-order valence-corrected chi connectivity index (χ0v) is 16.2. The van der Waals surface area contributed by atoms with Gasteiger partial charge >= 0.3 is 6.36 Å². The number of benzene rings is 2. The van der Waals surface area contributed by atoms with Crippen LogP contribution < -0.4 is 14.9 Å². The van der Waals surface area contributed by atoms with E-state index in [-0.39, 0.29) is 11.2 Å². The van der Waals surface area contributed by atoms with Crippen LogP contribution in [0.5, 0.6) is 17.2 Å². The highest BCUT2D eigenvalue weighted by atomic mass is 19.4. The van der Waals surface area contributed by atoms with Crippen LogP contribution in [0.25, 0.3) is 0 Å². The van der Waals surface area contributed by atoms with Crippen LogP contribution >= 0.6 is 0 Å². The number of H-pyrrole nitrogens is 1. The number of rotatable bonds is 5. The molecule has 0 aliphatic carbocycles. The van der Waals surface area contributed by atoms with Crippen LogP contribution in [0.4, 0.5) is 13.2 Å². The highest BCUT2D eigenvalue weighted by molar-refractivity contribution is 5.38. The summed E-state index contributed by atoms with van der Waals surface area (Å²) in [6.45, 7) is 5.56. The second-order valence-corrected chi connectivity index (χ2v) is 6.75. The standard InChI is InChI=1S/C22H20F3NO3/c1-13-14(2)26-15(3)20(21(13)27)12-16-4-6-17(7-5-16)28-18-8-10-19(11-9-18)29-22(23,24)25/h4-11H,12H2,1-3H3,(H,26,27). The number of ether oxygens (including phenoxy) is 2. The highest BCUT2D eigenvalue weighted by Crippen LogP contribution is 2.27. The Morgan fingerprint density at radius 1 is 0.828 bits per heavy atom. The van der Waals surface area contributed by atoms with E-state index in [9.17, 15) is 18.0 Å². The van der Waals surface area contributed by atoms with Crippen LogP contribution in [0, 0.1) is 20.8 Å². The molecule has 3 aromatic rings.